The monoisotopic (exact) mass is 435 g/mol. The van der Waals surface area contributed by atoms with E-state index in [0.717, 1.165) is 22.6 Å². The number of pyridine rings is 1. The number of hydrogen-bond acceptors (Lipinski definition) is 6. The molecule has 0 fully saturated rings. The van der Waals surface area contributed by atoms with Crippen LogP contribution in [0.3, 0.4) is 0 Å². The molecule has 2 aromatic heterocycles. The predicted octanol–water partition coefficient (Wildman–Crippen LogP) is 2.36. The van der Waals surface area contributed by atoms with Gasteiger partial charge in [-0.2, -0.15) is 5.10 Å². The van der Waals surface area contributed by atoms with E-state index in [1.165, 1.54) is 13.3 Å². The van der Waals surface area contributed by atoms with Gasteiger partial charge in [0.2, 0.25) is 5.91 Å². The molecule has 0 unspecified atom stereocenters. The van der Waals surface area contributed by atoms with E-state index < -0.39 is 0 Å². The molecular formula is C23H25N5O4. The third-order valence-corrected chi connectivity index (χ3v) is 4.98. The van der Waals surface area contributed by atoms with Crippen LogP contribution in [-0.4, -0.2) is 46.2 Å². The number of amides is 2. The fourth-order valence-corrected chi connectivity index (χ4v) is 3.28. The molecule has 0 aliphatic carbocycles. The summed E-state index contributed by atoms with van der Waals surface area (Å²) in [4.78, 5) is 39.7. The number of carbonyl (C=O) groups excluding carboxylic acids is 3. The van der Waals surface area contributed by atoms with Gasteiger partial charge in [0.25, 0.3) is 5.91 Å². The zero-order valence-electron chi connectivity index (χ0n) is 18.2. The smallest absolute Gasteiger partial charge is 0.305 e. The number of carbonyl (C=O) groups is 3. The Kier molecular flexibility index (Phi) is 7.33. The number of aryl methyl sites for hydroxylation is 1. The molecule has 0 saturated heterocycles. The molecule has 0 saturated carbocycles. The van der Waals surface area contributed by atoms with Crippen molar-refractivity contribution in [3.63, 3.8) is 0 Å². The minimum atomic E-state index is -0.356. The quantitative estimate of drug-likeness (QED) is 0.525. The second-order valence-corrected chi connectivity index (χ2v) is 7.16. The van der Waals surface area contributed by atoms with E-state index in [9.17, 15) is 14.4 Å². The molecule has 9 heteroatoms. The van der Waals surface area contributed by atoms with E-state index in [4.69, 9.17) is 4.74 Å². The highest BCUT2D eigenvalue weighted by Crippen LogP contribution is 2.20. The van der Waals surface area contributed by atoms with Crippen LogP contribution in [0.25, 0.3) is 5.69 Å². The Morgan fingerprint density at radius 1 is 1.09 bits per heavy atom. The van der Waals surface area contributed by atoms with Gasteiger partial charge in [0.1, 0.15) is 0 Å². The molecule has 2 heterocycles. The first-order valence-corrected chi connectivity index (χ1v) is 10.1. The zero-order chi connectivity index (χ0) is 23.1. The highest BCUT2D eigenvalue weighted by Gasteiger charge is 2.15. The molecule has 1 aromatic carbocycles. The number of hydrogen-bond donors (Lipinski definition) is 2. The molecule has 166 valence electrons. The van der Waals surface area contributed by atoms with E-state index in [1.807, 2.05) is 13.8 Å². The van der Waals surface area contributed by atoms with Crippen LogP contribution >= 0.6 is 0 Å². The number of nitrogens with zero attached hydrogens (tertiary/aromatic N) is 3. The Morgan fingerprint density at radius 2 is 1.84 bits per heavy atom. The molecule has 32 heavy (non-hydrogen) atoms. The van der Waals surface area contributed by atoms with Gasteiger partial charge in [-0.1, -0.05) is 0 Å². The summed E-state index contributed by atoms with van der Waals surface area (Å²) in [7, 11) is 1.37. The molecule has 3 aromatic rings. The summed E-state index contributed by atoms with van der Waals surface area (Å²) in [5, 5.41) is 9.82. The standard InChI is InChI=1S/C23H25N5O4/c1-15-20(10-11-22(30)32-3)16(2)28(27-15)19-8-6-17(7-9-19)23(31)25-14-21(29)26-18-5-4-12-24-13-18/h4-9,12-13H,10-11,14H2,1-3H3,(H,25,31)(H,26,29). The Balaban J connectivity index is 1.61. The summed E-state index contributed by atoms with van der Waals surface area (Å²) >= 11 is 0. The largest absolute Gasteiger partial charge is 0.469 e. The minimum Gasteiger partial charge on any atom is -0.469 e. The minimum absolute atomic E-state index is 0.156. The van der Waals surface area contributed by atoms with Gasteiger partial charge in [-0.05, 0) is 62.2 Å². The molecule has 0 radical (unpaired) electrons. The van der Waals surface area contributed by atoms with Crippen LogP contribution in [0.2, 0.25) is 0 Å². The van der Waals surface area contributed by atoms with Crippen molar-refractivity contribution in [2.75, 3.05) is 19.0 Å². The Hall–Kier alpha value is -4.01. The van der Waals surface area contributed by atoms with Gasteiger partial charge in [-0.3, -0.25) is 19.4 Å². The van der Waals surface area contributed by atoms with Crippen LogP contribution < -0.4 is 10.6 Å². The van der Waals surface area contributed by atoms with Gasteiger partial charge in [0.05, 0.1) is 36.9 Å². The molecular weight excluding hydrogens is 410 g/mol. The first kappa shape index (κ1) is 22.7. The lowest BCUT2D eigenvalue weighted by Gasteiger charge is -2.08. The van der Waals surface area contributed by atoms with Crippen molar-refractivity contribution in [1.82, 2.24) is 20.1 Å². The number of esters is 1. The fourth-order valence-electron chi connectivity index (χ4n) is 3.28. The predicted molar refractivity (Wildman–Crippen MR) is 119 cm³/mol. The number of nitrogens with one attached hydrogen (secondary N) is 2. The second kappa shape index (κ2) is 10.3. The van der Waals surface area contributed by atoms with E-state index in [1.54, 1.807) is 47.3 Å². The molecule has 0 atom stereocenters. The molecule has 2 amide bonds. The zero-order valence-corrected chi connectivity index (χ0v) is 18.2. The lowest BCUT2D eigenvalue weighted by Crippen LogP contribution is -2.32. The molecule has 0 spiro atoms. The van der Waals surface area contributed by atoms with Crippen molar-refractivity contribution in [3.05, 3.63) is 71.3 Å². The van der Waals surface area contributed by atoms with Crippen LogP contribution in [0, 0.1) is 13.8 Å². The third kappa shape index (κ3) is 5.57. The normalized spacial score (nSPS) is 10.5. The SMILES string of the molecule is COC(=O)CCc1c(C)nn(-c2ccc(C(=O)NCC(=O)Nc3cccnc3)cc2)c1C. The Morgan fingerprint density at radius 3 is 2.50 bits per heavy atom. The van der Waals surface area contributed by atoms with Crippen LogP contribution in [0.15, 0.2) is 48.8 Å². The van der Waals surface area contributed by atoms with Crippen LogP contribution in [0.4, 0.5) is 5.69 Å². The lowest BCUT2D eigenvalue weighted by molar-refractivity contribution is -0.140. The summed E-state index contributed by atoms with van der Waals surface area (Å²) in [6.07, 6.45) is 3.97. The third-order valence-electron chi connectivity index (χ3n) is 4.98. The summed E-state index contributed by atoms with van der Waals surface area (Å²) in [6, 6.07) is 10.3. The summed E-state index contributed by atoms with van der Waals surface area (Å²) in [5.41, 5.74) is 4.54. The molecule has 0 aliphatic rings. The summed E-state index contributed by atoms with van der Waals surface area (Å²) in [6.45, 7) is 3.68. The number of methoxy groups -OCH3 is 1. The van der Waals surface area contributed by atoms with Crippen molar-refractivity contribution in [3.8, 4) is 5.69 Å². The summed E-state index contributed by atoms with van der Waals surface area (Å²) in [5.74, 6) is -0.962. The number of rotatable bonds is 8. The van der Waals surface area contributed by atoms with Crippen LogP contribution in [0.1, 0.15) is 33.7 Å². The second-order valence-electron chi connectivity index (χ2n) is 7.16. The fraction of sp³-hybridized carbons (Fsp3) is 0.261. The van der Waals surface area contributed by atoms with E-state index in [2.05, 4.69) is 20.7 Å². The molecule has 0 aliphatic heterocycles. The molecule has 0 bridgehead atoms. The first-order chi connectivity index (χ1) is 15.4. The Bertz CT molecular complexity index is 1110. The van der Waals surface area contributed by atoms with E-state index in [0.29, 0.717) is 17.7 Å². The van der Waals surface area contributed by atoms with Gasteiger partial charge in [-0.15, -0.1) is 0 Å². The maximum absolute atomic E-state index is 12.4. The first-order valence-electron chi connectivity index (χ1n) is 10.1. The molecule has 9 nitrogen and oxygen atoms in total. The van der Waals surface area contributed by atoms with Crippen molar-refractivity contribution in [2.45, 2.75) is 26.7 Å². The molecule has 2 N–H and O–H groups in total. The van der Waals surface area contributed by atoms with Gasteiger partial charge < -0.3 is 15.4 Å². The molecule has 3 rings (SSSR count). The van der Waals surface area contributed by atoms with Gasteiger partial charge in [-0.25, -0.2) is 4.68 Å². The maximum Gasteiger partial charge on any atom is 0.305 e. The average Bonchev–Trinajstić information content (AvgIpc) is 3.09. The number of aromatic nitrogens is 3. The van der Waals surface area contributed by atoms with Gasteiger partial charge in [0.15, 0.2) is 0 Å². The maximum atomic E-state index is 12.4. The van der Waals surface area contributed by atoms with E-state index in [-0.39, 0.29) is 30.7 Å². The summed E-state index contributed by atoms with van der Waals surface area (Å²) < 4.78 is 6.49. The van der Waals surface area contributed by atoms with Crippen molar-refractivity contribution < 1.29 is 19.1 Å². The van der Waals surface area contributed by atoms with Crippen molar-refractivity contribution in [1.29, 1.82) is 0 Å². The van der Waals surface area contributed by atoms with Crippen LogP contribution in [-0.2, 0) is 20.7 Å². The van der Waals surface area contributed by atoms with Crippen LogP contribution in [0.5, 0.6) is 0 Å². The van der Waals surface area contributed by atoms with Crippen molar-refractivity contribution in [2.24, 2.45) is 0 Å². The topological polar surface area (TPSA) is 115 Å². The average molecular weight is 435 g/mol. The number of anilines is 1. The van der Waals surface area contributed by atoms with Gasteiger partial charge in [0, 0.05) is 23.9 Å². The highest BCUT2D eigenvalue weighted by molar-refractivity contribution is 5.99. The lowest BCUT2D eigenvalue weighted by atomic mass is 10.1. The Labute approximate surface area is 185 Å². The number of benzene rings is 1. The number of ether oxygens (including phenoxy) is 1. The van der Waals surface area contributed by atoms with Crippen molar-refractivity contribution >= 4 is 23.5 Å². The highest BCUT2D eigenvalue weighted by atomic mass is 16.5. The van der Waals surface area contributed by atoms with E-state index >= 15 is 0 Å². The van der Waals surface area contributed by atoms with Gasteiger partial charge >= 0.3 is 5.97 Å².